The van der Waals surface area contributed by atoms with Crippen molar-refractivity contribution >= 4 is 33.5 Å². The summed E-state index contributed by atoms with van der Waals surface area (Å²) < 4.78 is 6.02. The Hall–Kier alpha value is -1.40. The summed E-state index contributed by atoms with van der Waals surface area (Å²) in [4.78, 5) is 25.8. The van der Waals surface area contributed by atoms with Crippen LogP contribution in [0.5, 0.6) is 0 Å². The number of amides is 1. The van der Waals surface area contributed by atoms with Gasteiger partial charge in [-0.25, -0.2) is 0 Å². The van der Waals surface area contributed by atoms with Crippen molar-refractivity contribution < 1.29 is 14.3 Å². The Balaban J connectivity index is 1.74. The number of nitrogens with one attached hydrogen (secondary N) is 1. The molecule has 5 nitrogen and oxygen atoms in total. The summed E-state index contributed by atoms with van der Waals surface area (Å²) in [5, 5.41) is 2.88. The summed E-state index contributed by atoms with van der Waals surface area (Å²) in [7, 11) is 0. The lowest BCUT2D eigenvalue weighted by molar-refractivity contribution is -0.149. The first kappa shape index (κ1) is 17.0. The van der Waals surface area contributed by atoms with E-state index in [4.69, 9.17) is 4.74 Å². The van der Waals surface area contributed by atoms with Gasteiger partial charge in [0.2, 0.25) is 5.91 Å². The summed E-state index contributed by atoms with van der Waals surface area (Å²) in [5.74, 6) is -0.163. The fraction of sp³-hybridized carbons (Fsp3) is 0.500. The van der Waals surface area contributed by atoms with Gasteiger partial charge in [-0.1, -0.05) is 15.9 Å². The van der Waals surface area contributed by atoms with E-state index in [1.807, 2.05) is 31.2 Å². The number of ether oxygens (including phenoxy) is 1. The summed E-state index contributed by atoms with van der Waals surface area (Å²) >= 11 is 3.36. The Bertz CT molecular complexity index is 511. The number of rotatable bonds is 5. The second-order valence-corrected chi connectivity index (χ2v) is 6.27. The Morgan fingerprint density at radius 3 is 2.50 bits per heavy atom. The maximum atomic E-state index is 12.0. The van der Waals surface area contributed by atoms with Crippen LogP contribution in [0.25, 0.3) is 0 Å². The van der Waals surface area contributed by atoms with Crippen molar-refractivity contribution in [3.63, 3.8) is 0 Å². The van der Waals surface area contributed by atoms with Gasteiger partial charge in [-0.2, -0.15) is 0 Å². The van der Waals surface area contributed by atoms with E-state index in [1.165, 1.54) is 0 Å². The first-order valence-electron chi connectivity index (χ1n) is 7.53. The van der Waals surface area contributed by atoms with Crippen molar-refractivity contribution in [2.75, 3.05) is 31.6 Å². The molecule has 0 radical (unpaired) electrons. The molecule has 1 N–H and O–H groups in total. The molecule has 1 aliphatic heterocycles. The minimum absolute atomic E-state index is 0.0225. The van der Waals surface area contributed by atoms with Crippen LogP contribution >= 0.6 is 15.9 Å². The van der Waals surface area contributed by atoms with Gasteiger partial charge in [0, 0.05) is 10.2 Å². The number of hydrogen-bond acceptors (Lipinski definition) is 4. The maximum Gasteiger partial charge on any atom is 0.309 e. The lowest BCUT2D eigenvalue weighted by atomic mass is 9.97. The van der Waals surface area contributed by atoms with Crippen molar-refractivity contribution in [1.29, 1.82) is 0 Å². The second kappa shape index (κ2) is 8.29. The normalized spacial score (nSPS) is 16.3. The van der Waals surface area contributed by atoms with Crippen LogP contribution in [-0.4, -0.2) is 43.0 Å². The number of likely N-dealkylation sites (tertiary alicyclic amines) is 1. The predicted octanol–water partition coefficient (Wildman–Crippen LogP) is 2.66. The monoisotopic (exact) mass is 368 g/mol. The topological polar surface area (TPSA) is 58.6 Å². The zero-order chi connectivity index (χ0) is 15.9. The van der Waals surface area contributed by atoms with Crippen molar-refractivity contribution in [3.05, 3.63) is 28.7 Å². The number of halogens is 1. The van der Waals surface area contributed by atoms with Crippen LogP contribution in [-0.2, 0) is 14.3 Å². The SMILES string of the molecule is CCOC(=O)C1CCN(CC(=O)Nc2ccc(Br)cc2)CC1. The summed E-state index contributed by atoms with van der Waals surface area (Å²) in [6.45, 7) is 4.09. The third-order valence-electron chi connectivity index (χ3n) is 3.70. The second-order valence-electron chi connectivity index (χ2n) is 5.36. The third kappa shape index (κ3) is 5.10. The first-order valence-corrected chi connectivity index (χ1v) is 8.32. The molecule has 0 saturated carbocycles. The van der Waals surface area contributed by atoms with Crippen LogP contribution < -0.4 is 5.32 Å². The van der Waals surface area contributed by atoms with E-state index in [0.29, 0.717) is 13.2 Å². The van der Waals surface area contributed by atoms with Gasteiger partial charge in [-0.3, -0.25) is 14.5 Å². The summed E-state index contributed by atoms with van der Waals surface area (Å²) in [6, 6.07) is 7.49. The zero-order valence-electron chi connectivity index (χ0n) is 12.7. The molecule has 0 unspecified atom stereocenters. The lowest BCUT2D eigenvalue weighted by Gasteiger charge is -2.30. The van der Waals surface area contributed by atoms with Crippen molar-refractivity contribution in [2.45, 2.75) is 19.8 Å². The maximum absolute atomic E-state index is 12.0. The first-order chi connectivity index (χ1) is 10.6. The van der Waals surface area contributed by atoms with E-state index in [0.717, 1.165) is 36.1 Å². The Labute approximate surface area is 139 Å². The van der Waals surface area contributed by atoms with Gasteiger partial charge in [0.1, 0.15) is 0 Å². The van der Waals surface area contributed by atoms with Crippen LogP contribution in [0.4, 0.5) is 5.69 Å². The van der Waals surface area contributed by atoms with Crippen molar-refractivity contribution in [1.82, 2.24) is 4.90 Å². The highest BCUT2D eigenvalue weighted by molar-refractivity contribution is 9.10. The molecule has 1 amide bonds. The van der Waals surface area contributed by atoms with E-state index in [9.17, 15) is 9.59 Å². The van der Waals surface area contributed by atoms with Crippen molar-refractivity contribution in [2.24, 2.45) is 5.92 Å². The highest BCUT2D eigenvalue weighted by Crippen LogP contribution is 2.19. The number of piperidine rings is 1. The summed E-state index contributed by atoms with van der Waals surface area (Å²) in [6.07, 6.45) is 1.51. The molecular weight excluding hydrogens is 348 g/mol. The van der Waals surface area contributed by atoms with Crippen LogP contribution in [0.3, 0.4) is 0 Å². The number of esters is 1. The van der Waals surface area contributed by atoms with E-state index in [2.05, 4.69) is 26.1 Å². The third-order valence-corrected chi connectivity index (χ3v) is 4.23. The van der Waals surface area contributed by atoms with Crippen molar-refractivity contribution in [3.8, 4) is 0 Å². The van der Waals surface area contributed by atoms with Gasteiger partial charge in [0.05, 0.1) is 19.1 Å². The molecule has 2 rings (SSSR count). The Kier molecular flexibility index (Phi) is 6.39. The molecule has 0 spiro atoms. The molecule has 0 aliphatic carbocycles. The Morgan fingerprint density at radius 2 is 1.91 bits per heavy atom. The molecule has 0 atom stereocenters. The fourth-order valence-corrected chi connectivity index (χ4v) is 2.79. The van der Waals surface area contributed by atoms with Gasteiger partial charge in [-0.15, -0.1) is 0 Å². The van der Waals surface area contributed by atoms with Gasteiger partial charge >= 0.3 is 5.97 Å². The standard InChI is InChI=1S/C16H21BrN2O3/c1-2-22-16(21)12-7-9-19(10-8-12)11-15(20)18-14-5-3-13(17)4-6-14/h3-6,12H,2,7-11H2,1H3,(H,18,20). The van der Waals surface area contributed by atoms with Gasteiger partial charge in [0.25, 0.3) is 0 Å². The summed E-state index contributed by atoms with van der Waals surface area (Å²) in [5.41, 5.74) is 0.787. The number of carbonyl (C=O) groups excluding carboxylic acids is 2. The molecule has 0 bridgehead atoms. The molecule has 1 fully saturated rings. The molecule has 1 aromatic carbocycles. The van der Waals surface area contributed by atoms with Gasteiger partial charge in [0.15, 0.2) is 0 Å². The quantitative estimate of drug-likeness (QED) is 0.811. The average Bonchev–Trinajstić information content (AvgIpc) is 2.50. The highest BCUT2D eigenvalue weighted by Gasteiger charge is 2.26. The highest BCUT2D eigenvalue weighted by atomic mass is 79.9. The smallest absolute Gasteiger partial charge is 0.309 e. The fourth-order valence-electron chi connectivity index (χ4n) is 2.52. The average molecular weight is 369 g/mol. The van der Waals surface area contributed by atoms with Gasteiger partial charge in [-0.05, 0) is 57.1 Å². The van der Waals surface area contributed by atoms with Gasteiger partial charge < -0.3 is 10.1 Å². The zero-order valence-corrected chi connectivity index (χ0v) is 14.3. The van der Waals surface area contributed by atoms with Crippen LogP contribution in [0.1, 0.15) is 19.8 Å². The van der Waals surface area contributed by atoms with Crippen LogP contribution in [0.15, 0.2) is 28.7 Å². The molecule has 1 heterocycles. The lowest BCUT2D eigenvalue weighted by Crippen LogP contribution is -2.41. The number of benzene rings is 1. The molecule has 6 heteroatoms. The molecule has 1 aliphatic rings. The number of hydrogen-bond donors (Lipinski definition) is 1. The van der Waals surface area contributed by atoms with Crippen LogP contribution in [0, 0.1) is 5.92 Å². The Morgan fingerprint density at radius 1 is 1.27 bits per heavy atom. The number of carbonyl (C=O) groups is 2. The van der Waals surface area contributed by atoms with Crippen LogP contribution in [0.2, 0.25) is 0 Å². The van der Waals surface area contributed by atoms with E-state index >= 15 is 0 Å². The molecule has 1 aromatic rings. The molecular formula is C16H21BrN2O3. The minimum atomic E-state index is -0.110. The molecule has 22 heavy (non-hydrogen) atoms. The molecule has 0 aromatic heterocycles. The van der Waals surface area contributed by atoms with E-state index in [1.54, 1.807) is 0 Å². The minimum Gasteiger partial charge on any atom is -0.466 e. The molecule has 1 saturated heterocycles. The van der Waals surface area contributed by atoms with E-state index < -0.39 is 0 Å². The largest absolute Gasteiger partial charge is 0.466 e. The number of nitrogens with zero attached hydrogens (tertiary/aromatic N) is 1. The number of anilines is 1. The predicted molar refractivity (Wildman–Crippen MR) is 88.6 cm³/mol. The van der Waals surface area contributed by atoms with E-state index in [-0.39, 0.29) is 17.8 Å². The molecule has 120 valence electrons.